The first-order valence-corrected chi connectivity index (χ1v) is 13.4. The fourth-order valence-electron chi connectivity index (χ4n) is 4.78. The van der Waals surface area contributed by atoms with Gasteiger partial charge in [-0.15, -0.1) is 0 Å². The molecule has 2 aliphatic heterocycles. The van der Waals surface area contributed by atoms with Gasteiger partial charge in [-0.1, -0.05) is 30.3 Å². The molecule has 39 heavy (non-hydrogen) atoms. The lowest BCUT2D eigenvalue weighted by atomic mass is 10.1. The predicted octanol–water partition coefficient (Wildman–Crippen LogP) is 3.68. The van der Waals surface area contributed by atoms with Gasteiger partial charge in [-0.3, -0.25) is 4.90 Å². The van der Waals surface area contributed by atoms with Crippen LogP contribution < -0.4 is 15.1 Å². The highest BCUT2D eigenvalue weighted by atomic mass is 16.5. The van der Waals surface area contributed by atoms with Gasteiger partial charge in [0, 0.05) is 70.3 Å². The van der Waals surface area contributed by atoms with Crippen molar-refractivity contribution in [2.75, 3.05) is 76.4 Å². The molecule has 0 unspecified atom stereocenters. The number of carbonyl (C=O) groups is 2. The molecule has 8 nitrogen and oxygen atoms in total. The summed E-state index contributed by atoms with van der Waals surface area (Å²) in [6.45, 7) is 9.17. The van der Waals surface area contributed by atoms with E-state index < -0.39 is 0 Å². The third kappa shape index (κ3) is 8.05. The highest BCUT2D eigenvalue weighted by Crippen LogP contribution is 2.19. The Balaban J connectivity index is 0.000000193. The maximum atomic E-state index is 11.5. The van der Waals surface area contributed by atoms with Gasteiger partial charge in [-0.2, -0.15) is 0 Å². The van der Waals surface area contributed by atoms with Gasteiger partial charge in [-0.05, 0) is 54.1 Å². The van der Waals surface area contributed by atoms with E-state index >= 15 is 0 Å². The highest BCUT2D eigenvalue weighted by Gasteiger charge is 2.18. The van der Waals surface area contributed by atoms with Crippen molar-refractivity contribution in [2.24, 2.45) is 0 Å². The smallest absolute Gasteiger partial charge is 0.337 e. The summed E-state index contributed by atoms with van der Waals surface area (Å²) < 4.78 is 9.39. The zero-order valence-electron chi connectivity index (χ0n) is 22.8. The van der Waals surface area contributed by atoms with E-state index in [2.05, 4.69) is 55.1 Å². The number of benzene rings is 3. The van der Waals surface area contributed by atoms with Crippen LogP contribution in [0.15, 0.2) is 78.9 Å². The summed E-state index contributed by atoms with van der Waals surface area (Å²) in [6.07, 6.45) is 0. The zero-order chi connectivity index (χ0) is 27.5. The summed E-state index contributed by atoms with van der Waals surface area (Å²) in [4.78, 5) is 29.9. The minimum absolute atomic E-state index is 0.285. The summed E-state index contributed by atoms with van der Waals surface area (Å²) >= 11 is 0. The number of methoxy groups -OCH3 is 2. The van der Waals surface area contributed by atoms with Gasteiger partial charge >= 0.3 is 11.9 Å². The fraction of sp³-hybridized carbons (Fsp3) is 0.355. The number of hydrogen-bond acceptors (Lipinski definition) is 8. The van der Waals surface area contributed by atoms with E-state index in [9.17, 15) is 9.59 Å². The Hall–Kier alpha value is -3.88. The Labute approximate surface area is 231 Å². The van der Waals surface area contributed by atoms with Crippen LogP contribution >= 0.6 is 0 Å². The fourth-order valence-corrected chi connectivity index (χ4v) is 4.78. The minimum atomic E-state index is -0.288. The molecule has 3 aromatic carbocycles. The molecule has 3 aromatic rings. The van der Waals surface area contributed by atoms with Gasteiger partial charge in [0.2, 0.25) is 0 Å². The number of anilines is 2. The molecular weight excluding hydrogens is 492 g/mol. The van der Waals surface area contributed by atoms with Crippen LogP contribution in [0.5, 0.6) is 0 Å². The number of esters is 2. The molecule has 0 saturated carbocycles. The SMILES string of the molecule is COC(=O)c1ccc(N2CCN(Cc3ccccc3)CC2)cc1.COC(=O)c1ccc(N2CCNCC2)cc1. The molecule has 2 heterocycles. The second-order valence-electron chi connectivity index (χ2n) is 9.56. The number of nitrogens with zero attached hydrogens (tertiary/aromatic N) is 3. The Morgan fingerprint density at radius 2 is 1.10 bits per heavy atom. The number of carbonyl (C=O) groups excluding carboxylic acids is 2. The maximum Gasteiger partial charge on any atom is 0.337 e. The molecule has 0 aliphatic carbocycles. The molecule has 0 spiro atoms. The number of piperazine rings is 2. The van der Waals surface area contributed by atoms with Gasteiger partial charge in [0.25, 0.3) is 0 Å². The first-order chi connectivity index (χ1) is 19.1. The topological polar surface area (TPSA) is 74.4 Å². The van der Waals surface area contributed by atoms with E-state index in [0.29, 0.717) is 11.1 Å². The second kappa shape index (κ2) is 14.3. The zero-order valence-corrected chi connectivity index (χ0v) is 22.8. The van der Waals surface area contributed by atoms with Crippen molar-refractivity contribution < 1.29 is 19.1 Å². The lowest BCUT2D eigenvalue weighted by molar-refractivity contribution is 0.0592. The minimum Gasteiger partial charge on any atom is -0.465 e. The Morgan fingerprint density at radius 3 is 1.56 bits per heavy atom. The van der Waals surface area contributed by atoms with Crippen molar-refractivity contribution in [3.8, 4) is 0 Å². The van der Waals surface area contributed by atoms with E-state index in [1.54, 1.807) is 0 Å². The second-order valence-corrected chi connectivity index (χ2v) is 9.56. The van der Waals surface area contributed by atoms with Crippen LogP contribution in [-0.2, 0) is 16.0 Å². The van der Waals surface area contributed by atoms with Gasteiger partial charge in [0.1, 0.15) is 0 Å². The van der Waals surface area contributed by atoms with E-state index in [-0.39, 0.29) is 11.9 Å². The van der Waals surface area contributed by atoms with Crippen molar-refractivity contribution in [3.63, 3.8) is 0 Å². The van der Waals surface area contributed by atoms with Crippen LogP contribution in [-0.4, -0.2) is 83.4 Å². The molecule has 1 N–H and O–H groups in total. The lowest BCUT2D eigenvalue weighted by Crippen LogP contribution is -2.45. The van der Waals surface area contributed by atoms with Crippen molar-refractivity contribution >= 4 is 23.3 Å². The van der Waals surface area contributed by atoms with Crippen molar-refractivity contribution in [1.29, 1.82) is 0 Å². The van der Waals surface area contributed by atoms with Crippen LogP contribution in [0.1, 0.15) is 26.3 Å². The Bertz CT molecular complexity index is 1170. The molecule has 0 amide bonds. The van der Waals surface area contributed by atoms with Crippen LogP contribution in [0, 0.1) is 0 Å². The summed E-state index contributed by atoms with van der Waals surface area (Å²) in [6, 6.07) is 25.8. The summed E-state index contributed by atoms with van der Waals surface area (Å²) in [7, 11) is 2.80. The first kappa shape index (κ1) is 28.1. The molecule has 2 saturated heterocycles. The standard InChI is InChI=1S/C19H22N2O2.C12H16N2O2/c1-23-19(22)17-7-9-18(10-8-17)21-13-11-20(12-14-21)15-16-5-3-2-4-6-16;1-16-12(15)10-2-4-11(5-3-10)14-8-6-13-7-9-14/h2-10H,11-15H2,1H3;2-5,13H,6-9H2,1H3. The third-order valence-electron chi connectivity index (χ3n) is 7.05. The Morgan fingerprint density at radius 1 is 0.641 bits per heavy atom. The molecule has 2 aliphatic rings. The number of rotatable bonds is 6. The first-order valence-electron chi connectivity index (χ1n) is 13.4. The number of nitrogens with one attached hydrogen (secondary N) is 1. The van der Waals surface area contributed by atoms with Crippen LogP contribution in [0.25, 0.3) is 0 Å². The lowest BCUT2D eigenvalue weighted by Gasteiger charge is -2.36. The summed E-state index contributed by atoms with van der Waals surface area (Å²) in [5.41, 5.74) is 4.88. The molecule has 8 heteroatoms. The van der Waals surface area contributed by atoms with Crippen molar-refractivity contribution in [1.82, 2.24) is 10.2 Å². The van der Waals surface area contributed by atoms with E-state index in [1.165, 1.54) is 19.8 Å². The van der Waals surface area contributed by atoms with Gasteiger partial charge in [-0.25, -0.2) is 9.59 Å². The van der Waals surface area contributed by atoms with E-state index in [1.807, 2.05) is 48.5 Å². The normalized spacial score (nSPS) is 15.6. The van der Waals surface area contributed by atoms with Crippen molar-refractivity contribution in [2.45, 2.75) is 6.54 Å². The van der Waals surface area contributed by atoms with Crippen molar-refractivity contribution in [3.05, 3.63) is 95.6 Å². The predicted molar refractivity (Wildman–Crippen MR) is 155 cm³/mol. The highest BCUT2D eigenvalue weighted by molar-refractivity contribution is 5.90. The molecule has 5 rings (SSSR count). The quantitative estimate of drug-likeness (QED) is 0.484. The molecule has 2 fully saturated rings. The van der Waals surface area contributed by atoms with Gasteiger partial charge in [0.05, 0.1) is 25.3 Å². The summed E-state index contributed by atoms with van der Waals surface area (Å²) in [5.74, 6) is -0.573. The maximum absolute atomic E-state index is 11.5. The van der Waals surface area contributed by atoms with E-state index in [4.69, 9.17) is 4.74 Å². The number of hydrogen-bond donors (Lipinski definition) is 1. The molecule has 0 radical (unpaired) electrons. The average Bonchev–Trinajstić information content (AvgIpc) is 3.02. The molecular formula is C31H38N4O4. The molecule has 0 aromatic heterocycles. The molecule has 206 valence electrons. The number of ether oxygens (including phenoxy) is 2. The third-order valence-corrected chi connectivity index (χ3v) is 7.05. The molecule has 0 bridgehead atoms. The van der Waals surface area contributed by atoms with Gasteiger partial charge < -0.3 is 24.6 Å². The average molecular weight is 531 g/mol. The monoisotopic (exact) mass is 530 g/mol. The Kier molecular flexibility index (Phi) is 10.3. The summed E-state index contributed by atoms with van der Waals surface area (Å²) in [5, 5.41) is 3.31. The largest absolute Gasteiger partial charge is 0.465 e. The van der Waals surface area contributed by atoms with Gasteiger partial charge in [0.15, 0.2) is 0 Å². The van der Waals surface area contributed by atoms with E-state index in [0.717, 1.165) is 70.3 Å². The van der Waals surface area contributed by atoms with Crippen LogP contribution in [0.3, 0.4) is 0 Å². The molecule has 0 atom stereocenters. The van der Waals surface area contributed by atoms with Crippen LogP contribution in [0.4, 0.5) is 11.4 Å². The van der Waals surface area contributed by atoms with Crippen LogP contribution in [0.2, 0.25) is 0 Å².